The Balaban J connectivity index is 1.96. The lowest BCUT2D eigenvalue weighted by molar-refractivity contribution is -0.114. The van der Waals surface area contributed by atoms with E-state index in [1.165, 1.54) is 0 Å². The van der Waals surface area contributed by atoms with Gasteiger partial charge in [0.25, 0.3) is 0 Å². The van der Waals surface area contributed by atoms with Gasteiger partial charge >= 0.3 is 0 Å². The maximum absolute atomic E-state index is 12.3. The minimum absolute atomic E-state index is 0.137. The summed E-state index contributed by atoms with van der Waals surface area (Å²) in [6.45, 7) is 7.58. The van der Waals surface area contributed by atoms with Crippen LogP contribution in [0, 0.1) is 0 Å². The zero-order chi connectivity index (χ0) is 18.8. The highest BCUT2D eigenvalue weighted by Crippen LogP contribution is 2.29. The van der Waals surface area contributed by atoms with Gasteiger partial charge < -0.3 is 24.8 Å². The first kappa shape index (κ1) is 19.4. The molecule has 1 amide bonds. The van der Waals surface area contributed by atoms with Gasteiger partial charge in [0.15, 0.2) is 0 Å². The van der Waals surface area contributed by atoms with Gasteiger partial charge in [-0.2, -0.15) is 0 Å². The number of carbonyl (C=O) groups excluding carboxylic acids is 1. The van der Waals surface area contributed by atoms with Gasteiger partial charge in [0.1, 0.15) is 17.2 Å². The first-order valence-electron chi connectivity index (χ1n) is 8.82. The summed E-state index contributed by atoms with van der Waals surface area (Å²) >= 11 is 0. The predicted molar refractivity (Wildman–Crippen MR) is 104 cm³/mol. The molecular weight excluding hydrogens is 332 g/mol. The third-order valence-corrected chi connectivity index (χ3v) is 3.45. The lowest BCUT2D eigenvalue weighted by atomic mass is 10.2. The lowest BCUT2D eigenvalue weighted by Crippen LogP contribution is -2.22. The van der Waals surface area contributed by atoms with E-state index in [0.29, 0.717) is 37.0 Å². The highest BCUT2D eigenvalue weighted by atomic mass is 16.5. The van der Waals surface area contributed by atoms with E-state index < -0.39 is 0 Å². The van der Waals surface area contributed by atoms with Gasteiger partial charge in [0, 0.05) is 11.8 Å². The van der Waals surface area contributed by atoms with Crippen molar-refractivity contribution < 1.29 is 19.0 Å². The number of benzene rings is 2. The fourth-order valence-electron chi connectivity index (χ4n) is 2.36. The second-order valence-corrected chi connectivity index (χ2v) is 5.38. The van der Waals surface area contributed by atoms with Crippen LogP contribution in [-0.4, -0.2) is 32.3 Å². The Hall–Kier alpha value is -2.89. The van der Waals surface area contributed by atoms with Crippen LogP contribution in [0.2, 0.25) is 0 Å². The van der Waals surface area contributed by atoms with Gasteiger partial charge in [-0.15, -0.1) is 0 Å². The van der Waals surface area contributed by atoms with Crippen molar-refractivity contribution in [1.82, 2.24) is 0 Å². The van der Waals surface area contributed by atoms with E-state index in [2.05, 4.69) is 10.6 Å². The van der Waals surface area contributed by atoms with Gasteiger partial charge in [-0.05, 0) is 57.2 Å². The quantitative estimate of drug-likeness (QED) is 0.673. The Bertz CT molecular complexity index is 701. The fourth-order valence-corrected chi connectivity index (χ4v) is 2.36. The minimum Gasteiger partial charge on any atom is -0.494 e. The molecule has 0 unspecified atom stereocenters. The monoisotopic (exact) mass is 358 g/mol. The summed E-state index contributed by atoms with van der Waals surface area (Å²) in [7, 11) is 0. The van der Waals surface area contributed by atoms with Crippen molar-refractivity contribution in [3.63, 3.8) is 0 Å². The van der Waals surface area contributed by atoms with Crippen molar-refractivity contribution in [1.29, 1.82) is 0 Å². The van der Waals surface area contributed by atoms with Crippen molar-refractivity contribution in [3.05, 3.63) is 42.5 Å². The van der Waals surface area contributed by atoms with Gasteiger partial charge in [0.2, 0.25) is 5.91 Å². The highest BCUT2D eigenvalue weighted by Gasteiger charge is 2.10. The first-order valence-corrected chi connectivity index (χ1v) is 8.82. The largest absolute Gasteiger partial charge is 0.494 e. The van der Waals surface area contributed by atoms with Crippen molar-refractivity contribution in [2.45, 2.75) is 20.8 Å². The molecule has 0 heterocycles. The van der Waals surface area contributed by atoms with Gasteiger partial charge in [-0.25, -0.2) is 0 Å². The molecule has 6 heteroatoms. The SMILES string of the molecule is CCOc1ccc(NCC(=O)Nc2cc(OCC)ccc2OCC)cc1. The Morgan fingerprint density at radius 1 is 0.846 bits per heavy atom. The molecule has 0 saturated carbocycles. The summed E-state index contributed by atoms with van der Waals surface area (Å²) < 4.78 is 16.5. The number of carbonyl (C=O) groups is 1. The van der Waals surface area contributed by atoms with Crippen molar-refractivity contribution in [2.75, 3.05) is 37.0 Å². The van der Waals surface area contributed by atoms with E-state index in [-0.39, 0.29) is 12.5 Å². The summed E-state index contributed by atoms with van der Waals surface area (Å²) in [4.78, 5) is 12.3. The fraction of sp³-hybridized carbons (Fsp3) is 0.350. The summed E-state index contributed by atoms with van der Waals surface area (Å²) in [5.74, 6) is 1.93. The molecule has 0 saturated heterocycles. The molecule has 0 aliphatic carbocycles. The molecule has 2 aromatic rings. The predicted octanol–water partition coefficient (Wildman–Crippen LogP) is 3.93. The minimum atomic E-state index is -0.173. The molecule has 0 aromatic heterocycles. The Labute approximate surface area is 154 Å². The van der Waals surface area contributed by atoms with Crippen LogP contribution in [-0.2, 0) is 4.79 Å². The van der Waals surface area contributed by atoms with Crippen LogP contribution >= 0.6 is 0 Å². The molecule has 2 aromatic carbocycles. The Morgan fingerprint density at radius 2 is 1.46 bits per heavy atom. The molecule has 0 aliphatic heterocycles. The summed E-state index contributed by atoms with van der Waals surface area (Å²) in [6, 6.07) is 12.9. The van der Waals surface area contributed by atoms with Crippen LogP contribution < -0.4 is 24.8 Å². The van der Waals surface area contributed by atoms with E-state index >= 15 is 0 Å². The van der Waals surface area contributed by atoms with E-state index in [9.17, 15) is 4.79 Å². The highest BCUT2D eigenvalue weighted by molar-refractivity contribution is 5.95. The van der Waals surface area contributed by atoms with E-state index in [4.69, 9.17) is 14.2 Å². The second kappa shape index (κ2) is 10.2. The lowest BCUT2D eigenvalue weighted by Gasteiger charge is -2.14. The molecule has 0 bridgehead atoms. The van der Waals surface area contributed by atoms with Gasteiger partial charge in [-0.1, -0.05) is 0 Å². The molecule has 6 nitrogen and oxygen atoms in total. The molecule has 0 fully saturated rings. The molecule has 0 spiro atoms. The van der Waals surface area contributed by atoms with Gasteiger partial charge in [-0.3, -0.25) is 4.79 Å². The zero-order valence-corrected chi connectivity index (χ0v) is 15.5. The number of nitrogens with one attached hydrogen (secondary N) is 2. The maximum atomic E-state index is 12.3. The Kier molecular flexibility index (Phi) is 7.61. The molecule has 2 rings (SSSR count). The maximum Gasteiger partial charge on any atom is 0.243 e. The van der Waals surface area contributed by atoms with E-state index in [1.807, 2.05) is 51.1 Å². The average molecular weight is 358 g/mol. The standard InChI is InChI=1S/C20H26N2O4/c1-4-24-16-9-7-15(8-10-16)21-14-20(23)22-18-13-17(25-5-2)11-12-19(18)26-6-3/h7-13,21H,4-6,14H2,1-3H3,(H,22,23). The summed E-state index contributed by atoms with van der Waals surface area (Å²) in [6.07, 6.45) is 0. The van der Waals surface area contributed by atoms with E-state index in [0.717, 1.165) is 11.4 Å². The van der Waals surface area contributed by atoms with Crippen molar-refractivity contribution in [2.24, 2.45) is 0 Å². The van der Waals surface area contributed by atoms with Crippen LogP contribution in [0.15, 0.2) is 42.5 Å². The normalized spacial score (nSPS) is 10.1. The number of ether oxygens (including phenoxy) is 3. The topological polar surface area (TPSA) is 68.8 Å². The van der Waals surface area contributed by atoms with Crippen LogP contribution in [0.1, 0.15) is 20.8 Å². The van der Waals surface area contributed by atoms with Crippen LogP contribution in [0.3, 0.4) is 0 Å². The molecule has 0 aliphatic rings. The third-order valence-electron chi connectivity index (χ3n) is 3.45. The number of rotatable bonds is 10. The van der Waals surface area contributed by atoms with Crippen LogP contribution in [0.4, 0.5) is 11.4 Å². The van der Waals surface area contributed by atoms with Crippen LogP contribution in [0.25, 0.3) is 0 Å². The number of anilines is 2. The zero-order valence-electron chi connectivity index (χ0n) is 15.5. The smallest absolute Gasteiger partial charge is 0.243 e. The number of hydrogen-bond acceptors (Lipinski definition) is 5. The Morgan fingerprint density at radius 3 is 2.12 bits per heavy atom. The summed E-state index contributed by atoms with van der Waals surface area (Å²) in [5, 5.41) is 5.95. The van der Waals surface area contributed by atoms with E-state index in [1.54, 1.807) is 12.1 Å². The average Bonchev–Trinajstić information content (AvgIpc) is 2.64. The molecule has 140 valence electrons. The number of amides is 1. The number of hydrogen-bond donors (Lipinski definition) is 2. The first-order chi connectivity index (χ1) is 12.7. The molecular formula is C20H26N2O4. The summed E-state index contributed by atoms with van der Waals surface area (Å²) in [5.41, 5.74) is 1.44. The third kappa shape index (κ3) is 5.88. The van der Waals surface area contributed by atoms with Crippen molar-refractivity contribution in [3.8, 4) is 17.2 Å². The second-order valence-electron chi connectivity index (χ2n) is 5.38. The molecule has 2 N–H and O–H groups in total. The van der Waals surface area contributed by atoms with Gasteiger partial charge in [0.05, 0.1) is 32.1 Å². The molecule has 0 radical (unpaired) electrons. The van der Waals surface area contributed by atoms with Crippen LogP contribution in [0.5, 0.6) is 17.2 Å². The molecule has 0 atom stereocenters. The molecule has 26 heavy (non-hydrogen) atoms. The van der Waals surface area contributed by atoms with Crippen molar-refractivity contribution >= 4 is 17.3 Å².